The fourth-order valence-electron chi connectivity index (χ4n) is 7.44. The monoisotopic (exact) mass is 595 g/mol. The summed E-state index contributed by atoms with van der Waals surface area (Å²) in [6.07, 6.45) is 11.5. The Morgan fingerprint density at radius 3 is 2.52 bits per heavy atom. The molecule has 2 aromatic rings. The number of amides is 2. The molecule has 2 fully saturated rings. The molecule has 42 heavy (non-hydrogen) atoms. The Kier molecular flexibility index (Phi) is 8.19. The highest BCUT2D eigenvalue weighted by atomic mass is 32.2. The van der Waals surface area contributed by atoms with Gasteiger partial charge in [0.1, 0.15) is 18.2 Å². The lowest BCUT2D eigenvalue weighted by atomic mass is 9.86. The van der Waals surface area contributed by atoms with Crippen LogP contribution in [0.15, 0.2) is 47.6 Å². The highest BCUT2D eigenvalue weighted by Crippen LogP contribution is 2.46. The second-order valence-corrected chi connectivity index (χ2v) is 14.9. The molecule has 5 rings (SSSR count). The summed E-state index contributed by atoms with van der Waals surface area (Å²) < 4.78 is 28.6. The first kappa shape index (κ1) is 30.2. The van der Waals surface area contributed by atoms with E-state index >= 15 is 0 Å². The number of nitrogen functional groups attached to an aromatic ring is 1. The summed E-state index contributed by atoms with van der Waals surface area (Å²) in [4.78, 5) is 38.7. The van der Waals surface area contributed by atoms with Crippen molar-refractivity contribution < 1.29 is 21.9 Å². The van der Waals surface area contributed by atoms with E-state index in [2.05, 4.69) is 35.6 Å². The summed E-state index contributed by atoms with van der Waals surface area (Å²) in [6.45, 7) is 7.03. The van der Waals surface area contributed by atoms with E-state index in [1.54, 1.807) is 18.3 Å². The van der Waals surface area contributed by atoms with Crippen molar-refractivity contribution in [2.75, 3.05) is 23.7 Å². The van der Waals surface area contributed by atoms with Gasteiger partial charge in [0, 0.05) is 30.3 Å². The van der Waals surface area contributed by atoms with Gasteiger partial charge in [-0.1, -0.05) is 38.3 Å². The van der Waals surface area contributed by atoms with Crippen molar-refractivity contribution in [2.45, 2.75) is 88.7 Å². The molecular formula is C31H43N6O4S+. The Bertz CT molecular complexity index is 1500. The molecule has 4 heterocycles. The average Bonchev–Trinajstić information content (AvgIpc) is 3.24. The van der Waals surface area contributed by atoms with E-state index in [1.807, 2.05) is 6.08 Å². The lowest BCUT2D eigenvalue weighted by molar-refractivity contribution is -0.758. The number of carbonyl (C=O) groups is 2. The van der Waals surface area contributed by atoms with E-state index in [-0.39, 0.29) is 40.8 Å². The predicted octanol–water partition coefficient (Wildman–Crippen LogP) is 4.49. The van der Waals surface area contributed by atoms with Crippen molar-refractivity contribution in [3.63, 3.8) is 0 Å². The molecule has 2 aromatic heterocycles. The Morgan fingerprint density at radius 2 is 1.88 bits per heavy atom. The molecule has 0 bridgehead atoms. The van der Waals surface area contributed by atoms with Gasteiger partial charge >= 0.3 is 15.9 Å². The van der Waals surface area contributed by atoms with E-state index in [0.717, 1.165) is 38.5 Å². The molecule has 2 amide bonds. The van der Waals surface area contributed by atoms with Gasteiger partial charge in [-0.05, 0) is 69.2 Å². The minimum atomic E-state index is -4.44. The number of nitrogens with two attached hydrogens (primary N) is 2. The summed E-state index contributed by atoms with van der Waals surface area (Å²) in [5.41, 5.74) is 12.2. The zero-order valence-electron chi connectivity index (χ0n) is 24.8. The molecule has 3 aliphatic rings. The number of primary amides is 1. The van der Waals surface area contributed by atoms with Crippen molar-refractivity contribution in [1.82, 2.24) is 9.97 Å². The molecule has 1 saturated carbocycles. The summed E-state index contributed by atoms with van der Waals surface area (Å²) >= 11 is 0. The highest BCUT2D eigenvalue weighted by Gasteiger charge is 2.57. The Labute approximate surface area is 248 Å². The standard InChI is InChI=1S/C31H42N6O4S/c1-21-19-31(2,3)36(20-21)30-28(29(33)39)23(15-16-34-30)24-12-7-8-17-37(24,27(38)18-22-10-5-4-6-11-22)42(40,41)26-14-9-13-25(32)35-26/h7,9,12-16,21-22,24H,4-6,8,10-11,17-20H2,1-3H3,(H3-,32,33,35,39)/p+1/t21-,24?,37?/m0/s1. The number of pyridine rings is 2. The van der Waals surface area contributed by atoms with Crippen LogP contribution in [-0.4, -0.2) is 52.7 Å². The van der Waals surface area contributed by atoms with Gasteiger partial charge in [-0.3, -0.25) is 4.79 Å². The molecule has 0 spiro atoms. The lowest BCUT2D eigenvalue weighted by Crippen LogP contribution is -2.60. The van der Waals surface area contributed by atoms with E-state index in [9.17, 15) is 18.0 Å². The maximum Gasteiger partial charge on any atom is 0.352 e. The number of quaternary nitrogens is 1. The number of sulfonamides is 1. The maximum absolute atomic E-state index is 14.8. The normalized spacial score (nSPS) is 26.3. The van der Waals surface area contributed by atoms with Gasteiger partial charge in [0.15, 0.2) is 6.04 Å². The molecule has 2 aliphatic heterocycles. The Morgan fingerprint density at radius 1 is 1.14 bits per heavy atom. The summed E-state index contributed by atoms with van der Waals surface area (Å²) in [6, 6.07) is 5.05. The van der Waals surface area contributed by atoms with Crippen molar-refractivity contribution >= 4 is 33.5 Å². The number of hydrogen-bond donors (Lipinski definition) is 2. The van der Waals surface area contributed by atoms with Gasteiger partial charge in [0.2, 0.25) is 5.03 Å². The smallest absolute Gasteiger partial charge is 0.352 e. The number of anilines is 2. The number of rotatable bonds is 7. The molecule has 4 N–H and O–H groups in total. The van der Waals surface area contributed by atoms with Crippen LogP contribution >= 0.6 is 0 Å². The molecule has 0 aromatic carbocycles. The molecule has 2 unspecified atom stereocenters. The van der Waals surface area contributed by atoms with Gasteiger partial charge in [0.25, 0.3) is 5.91 Å². The minimum absolute atomic E-state index is 0.00757. The molecule has 3 atom stereocenters. The first-order valence-electron chi connectivity index (χ1n) is 15.0. The van der Waals surface area contributed by atoms with Crippen LogP contribution in [0.1, 0.15) is 94.1 Å². The Balaban J connectivity index is 1.73. The number of nitrogens with zero attached hydrogens (tertiary/aromatic N) is 4. The zero-order chi connectivity index (χ0) is 30.3. The highest BCUT2D eigenvalue weighted by molar-refractivity contribution is 7.86. The summed E-state index contributed by atoms with van der Waals surface area (Å²) in [5, 5.41) is -0.260. The van der Waals surface area contributed by atoms with E-state index in [4.69, 9.17) is 11.5 Å². The van der Waals surface area contributed by atoms with Gasteiger partial charge in [-0.25, -0.2) is 14.8 Å². The third kappa shape index (κ3) is 5.21. The van der Waals surface area contributed by atoms with Crippen molar-refractivity contribution in [1.29, 1.82) is 0 Å². The van der Waals surface area contributed by atoms with Gasteiger partial charge < -0.3 is 16.4 Å². The second-order valence-electron chi connectivity index (χ2n) is 12.9. The van der Waals surface area contributed by atoms with Crippen LogP contribution in [0.4, 0.5) is 11.6 Å². The number of hydrogen-bond acceptors (Lipinski definition) is 8. The van der Waals surface area contributed by atoms with Crippen LogP contribution < -0.4 is 16.4 Å². The Hall–Kier alpha value is -3.31. The topological polar surface area (TPSA) is 149 Å². The van der Waals surface area contributed by atoms with Crippen LogP contribution in [0.2, 0.25) is 0 Å². The fraction of sp³-hybridized carbons (Fsp3) is 0.548. The van der Waals surface area contributed by atoms with Crippen LogP contribution in [-0.2, 0) is 14.8 Å². The molecule has 0 radical (unpaired) electrons. The van der Waals surface area contributed by atoms with Gasteiger partial charge in [-0.2, -0.15) is 8.42 Å². The molecule has 10 nitrogen and oxygen atoms in total. The van der Waals surface area contributed by atoms with E-state index in [1.165, 1.54) is 18.2 Å². The fourth-order valence-corrected chi connectivity index (χ4v) is 9.42. The number of carbonyl (C=O) groups excluding carboxylic acids is 2. The first-order chi connectivity index (χ1) is 19.9. The zero-order valence-corrected chi connectivity index (χ0v) is 25.6. The lowest BCUT2D eigenvalue weighted by Gasteiger charge is -2.42. The van der Waals surface area contributed by atoms with Crippen molar-refractivity contribution in [3.05, 3.63) is 53.7 Å². The minimum Gasteiger partial charge on any atom is -0.384 e. The molecular weight excluding hydrogens is 552 g/mol. The molecule has 11 heteroatoms. The largest absolute Gasteiger partial charge is 0.384 e. The molecule has 1 aliphatic carbocycles. The third-order valence-electron chi connectivity index (χ3n) is 9.30. The van der Waals surface area contributed by atoms with E-state index in [0.29, 0.717) is 30.3 Å². The molecule has 1 saturated heterocycles. The van der Waals surface area contributed by atoms with Crippen molar-refractivity contribution in [2.24, 2.45) is 17.6 Å². The van der Waals surface area contributed by atoms with Crippen molar-refractivity contribution in [3.8, 4) is 0 Å². The quantitative estimate of drug-likeness (QED) is 0.351. The van der Waals surface area contributed by atoms with Gasteiger partial charge in [0.05, 0.1) is 12.0 Å². The second kappa shape index (κ2) is 11.4. The maximum atomic E-state index is 14.8. The van der Waals surface area contributed by atoms with Crippen LogP contribution in [0.25, 0.3) is 0 Å². The van der Waals surface area contributed by atoms with Crippen LogP contribution in [0, 0.1) is 11.8 Å². The first-order valence-corrected chi connectivity index (χ1v) is 16.4. The van der Waals surface area contributed by atoms with Crippen LogP contribution in [0.3, 0.4) is 0 Å². The predicted molar refractivity (Wildman–Crippen MR) is 162 cm³/mol. The molecule has 226 valence electrons. The van der Waals surface area contributed by atoms with Gasteiger partial charge in [-0.15, -0.1) is 3.89 Å². The number of aromatic nitrogens is 2. The van der Waals surface area contributed by atoms with E-state index < -0.39 is 31.8 Å². The summed E-state index contributed by atoms with van der Waals surface area (Å²) in [5.74, 6) is -0.169. The summed E-state index contributed by atoms with van der Waals surface area (Å²) in [7, 11) is -4.44. The average molecular weight is 596 g/mol. The SMILES string of the molecule is C[C@@H]1CN(c2nccc(C3C=CCC[N+]3(C(=O)CC3CCCCC3)S(=O)(=O)c3cccc(N)n3)c2C(N)=O)C(C)(C)C1. The third-order valence-corrected chi connectivity index (χ3v) is 11.5. The van der Waals surface area contributed by atoms with Crippen LogP contribution in [0.5, 0.6) is 0 Å².